The van der Waals surface area contributed by atoms with Gasteiger partial charge in [0, 0.05) is 13.1 Å². The van der Waals surface area contributed by atoms with Gasteiger partial charge in [-0.3, -0.25) is 0 Å². The Balaban J connectivity index is 2.50. The number of aliphatic carboxylic acids is 1. The molecule has 0 aromatic heterocycles. The molecular weight excluding hydrogens is 268 g/mol. The molecule has 0 radical (unpaired) electrons. The number of rotatable bonds is 5. The summed E-state index contributed by atoms with van der Waals surface area (Å²) in [5.41, 5.74) is 0. The van der Waals surface area contributed by atoms with Gasteiger partial charge in [0.25, 0.3) is 0 Å². The maximum atomic E-state index is 12.0. The number of carboxylic acid groups (broad SMARTS) is 1. The number of aliphatic hydroxyl groups excluding tert-OH is 1. The second-order valence-electron chi connectivity index (χ2n) is 4.90. The molecule has 3 atom stereocenters. The van der Waals surface area contributed by atoms with Crippen molar-refractivity contribution in [2.24, 2.45) is 5.92 Å². The summed E-state index contributed by atoms with van der Waals surface area (Å²) >= 11 is 1.54. The maximum Gasteiger partial charge on any atom is 0.326 e. The molecule has 1 heterocycles. The summed E-state index contributed by atoms with van der Waals surface area (Å²) in [6.45, 7) is 2.76. The number of carbonyl (C=O) groups excluding carboxylic acids is 1. The average molecular weight is 290 g/mol. The molecule has 19 heavy (non-hydrogen) atoms. The molecule has 2 unspecified atom stereocenters. The first-order chi connectivity index (χ1) is 8.95. The van der Waals surface area contributed by atoms with Gasteiger partial charge in [-0.2, -0.15) is 11.8 Å². The van der Waals surface area contributed by atoms with E-state index in [1.165, 1.54) is 4.90 Å². The Kier molecular flexibility index (Phi) is 6.44. The number of piperidine rings is 1. The highest BCUT2D eigenvalue weighted by atomic mass is 32.2. The van der Waals surface area contributed by atoms with E-state index in [1.807, 2.05) is 13.2 Å². The van der Waals surface area contributed by atoms with E-state index in [2.05, 4.69) is 5.32 Å². The number of carbonyl (C=O) groups is 2. The monoisotopic (exact) mass is 290 g/mol. The van der Waals surface area contributed by atoms with Crippen LogP contribution in [0.5, 0.6) is 0 Å². The third-order valence-electron chi connectivity index (χ3n) is 3.41. The summed E-state index contributed by atoms with van der Waals surface area (Å²) in [5.74, 6) is -0.166. The van der Waals surface area contributed by atoms with E-state index in [-0.39, 0.29) is 12.5 Å². The first-order valence-electron chi connectivity index (χ1n) is 6.41. The SMILES string of the molecule is CSCC[C@@H](NC(=O)N1CCC(C)C(O)C1)C(=O)O. The molecule has 1 aliphatic rings. The van der Waals surface area contributed by atoms with Crippen LogP contribution in [0.25, 0.3) is 0 Å². The average Bonchev–Trinajstić information content (AvgIpc) is 2.37. The third kappa shape index (κ3) is 4.91. The Morgan fingerprint density at radius 3 is 2.74 bits per heavy atom. The number of hydrogen-bond donors (Lipinski definition) is 3. The Bertz CT molecular complexity index is 327. The van der Waals surface area contributed by atoms with Gasteiger partial charge in [0.05, 0.1) is 6.10 Å². The van der Waals surface area contributed by atoms with E-state index in [1.54, 1.807) is 11.8 Å². The molecule has 110 valence electrons. The molecule has 0 bridgehead atoms. The number of aliphatic hydroxyl groups is 1. The number of thioether (sulfide) groups is 1. The molecular formula is C12H22N2O4S. The van der Waals surface area contributed by atoms with E-state index in [4.69, 9.17) is 5.11 Å². The van der Waals surface area contributed by atoms with Crippen LogP contribution in [0.1, 0.15) is 19.8 Å². The van der Waals surface area contributed by atoms with Gasteiger partial charge >= 0.3 is 12.0 Å². The molecule has 6 nitrogen and oxygen atoms in total. The Hall–Kier alpha value is -0.950. The molecule has 2 amide bonds. The largest absolute Gasteiger partial charge is 0.480 e. The molecule has 0 saturated carbocycles. The van der Waals surface area contributed by atoms with Crippen molar-refractivity contribution >= 4 is 23.8 Å². The van der Waals surface area contributed by atoms with Crippen molar-refractivity contribution in [2.75, 3.05) is 25.1 Å². The highest BCUT2D eigenvalue weighted by molar-refractivity contribution is 7.98. The number of nitrogens with one attached hydrogen (secondary N) is 1. The third-order valence-corrected chi connectivity index (χ3v) is 4.06. The predicted octanol–water partition coefficient (Wildman–Crippen LogP) is 0.605. The molecule has 0 aliphatic carbocycles. The van der Waals surface area contributed by atoms with Crippen molar-refractivity contribution < 1.29 is 19.8 Å². The maximum absolute atomic E-state index is 12.0. The molecule has 0 aromatic carbocycles. The van der Waals surface area contributed by atoms with Crippen LogP contribution in [0, 0.1) is 5.92 Å². The summed E-state index contributed by atoms with van der Waals surface area (Å²) in [4.78, 5) is 24.5. The van der Waals surface area contributed by atoms with Crippen LogP contribution >= 0.6 is 11.8 Å². The zero-order valence-electron chi connectivity index (χ0n) is 11.3. The summed E-state index contributed by atoms with van der Waals surface area (Å²) in [5, 5.41) is 21.3. The summed E-state index contributed by atoms with van der Waals surface area (Å²) in [6, 6.07) is -1.27. The predicted molar refractivity (Wildman–Crippen MR) is 74.3 cm³/mol. The summed E-state index contributed by atoms with van der Waals surface area (Å²) in [6.07, 6.45) is 2.49. The van der Waals surface area contributed by atoms with Gasteiger partial charge in [-0.25, -0.2) is 9.59 Å². The zero-order valence-corrected chi connectivity index (χ0v) is 12.2. The van der Waals surface area contributed by atoms with Crippen molar-refractivity contribution in [1.82, 2.24) is 10.2 Å². The smallest absolute Gasteiger partial charge is 0.326 e. The number of amides is 2. The van der Waals surface area contributed by atoms with Crippen molar-refractivity contribution in [3.8, 4) is 0 Å². The zero-order chi connectivity index (χ0) is 14.4. The number of likely N-dealkylation sites (tertiary alicyclic amines) is 1. The van der Waals surface area contributed by atoms with Gasteiger partial charge in [0.15, 0.2) is 0 Å². The number of nitrogens with zero attached hydrogens (tertiary/aromatic N) is 1. The van der Waals surface area contributed by atoms with Crippen LogP contribution in [0.15, 0.2) is 0 Å². The Morgan fingerprint density at radius 2 is 2.21 bits per heavy atom. The fourth-order valence-corrected chi connectivity index (χ4v) is 2.44. The quantitative estimate of drug-likeness (QED) is 0.690. The Morgan fingerprint density at radius 1 is 1.53 bits per heavy atom. The minimum absolute atomic E-state index is 0.177. The van der Waals surface area contributed by atoms with Crippen molar-refractivity contribution in [3.63, 3.8) is 0 Å². The van der Waals surface area contributed by atoms with Gasteiger partial charge in [-0.1, -0.05) is 6.92 Å². The first kappa shape index (κ1) is 16.1. The number of urea groups is 1. The summed E-state index contributed by atoms with van der Waals surface area (Å²) in [7, 11) is 0. The van der Waals surface area contributed by atoms with Crippen LogP contribution in [-0.4, -0.2) is 64.4 Å². The lowest BCUT2D eigenvalue weighted by Gasteiger charge is -2.34. The van der Waals surface area contributed by atoms with E-state index in [0.717, 1.165) is 6.42 Å². The van der Waals surface area contributed by atoms with Crippen LogP contribution in [0.3, 0.4) is 0 Å². The number of β-amino-alcohol motifs (C(OH)–C–C–N with tert-alkyl or cyclic N) is 1. The van der Waals surface area contributed by atoms with E-state index < -0.39 is 24.1 Å². The van der Waals surface area contributed by atoms with Crippen molar-refractivity contribution in [3.05, 3.63) is 0 Å². The molecule has 7 heteroatoms. The van der Waals surface area contributed by atoms with Gasteiger partial charge in [-0.05, 0) is 30.8 Å². The minimum Gasteiger partial charge on any atom is -0.480 e. The lowest BCUT2D eigenvalue weighted by Crippen LogP contribution is -2.53. The highest BCUT2D eigenvalue weighted by Gasteiger charge is 2.29. The second-order valence-corrected chi connectivity index (χ2v) is 5.89. The molecule has 0 spiro atoms. The fraction of sp³-hybridized carbons (Fsp3) is 0.833. The van der Waals surface area contributed by atoms with E-state index >= 15 is 0 Å². The van der Waals surface area contributed by atoms with E-state index in [0.29, 0.717) is 18.7 Å². The van der Waals surface area contributed by atoms with Gasteiger partial charge in [0.1, 0.15) is 6.04 Å². The molecule has 0 aromatic rings. The topological polar surface area (TPSA) is 89.9 Å². The number of hydrogen-bond acceptors (Lipinski definition) is 4. The molecule has 1 aliphatic heterocycles. The van der Waals surface area contributed by atoms with E-state index in [9.17, 15) is 14.7 Å². The highest BCUT2D eigenvalue weighted by Crippen LogP contribution is 2.17. The molecule has 1 saturated heterocycles. The van der Waals surface area contributed by atoms with Gasteiger partial charge < -0.3 is 20.4 Å². The first-order valence-corrected chi connectivity index (χ1v) is 7.80. The van der Waals surface area contributed by atoms with Crippen LogP contribution in [-0.2, 0) is 4.79 Å². The minimum atomic E-state index is -1.02. The summed E-state index contributed by atoms with van der Waals surface area (Å²) < 4.78 is 0. The van der Waals surface area contributed by atoms with Crippen molar-refractivity contribution in [1.29, 1.82) is 0 Å². The van der Waals surface area contributed by atoms with Crippen LogP contribution in [0.2, 0.25) is 0 Å². The number of carboxylic acids is 1. The lowest BCUT2D eigenvalue weighted by molar-refractivity contribution is -0.139. The Labute approximate surface area is 117 Å². The van der Waals surface area contributed by atoms with Gasteiger partial charge in [-0.15, -0.1) is 0 Å². The molecule has 3 N–H and O–H groups in total. The molecule has 1 fully saturated rings. The van der Waals surface area contributed by atoms with Crippen molar-refractivity contribution in [2.45, 2.75) is 31.9 Å². The lowest BCUT2D eigenvalue weighted by atomic mass is 9.96. The fourth-order valence-electron chi connectivity index (χ4n) is 1.97. The van der Waals surface area contributed by atoms with Crippen LogP contribution in [0.4, 0.5) is 4.79 Å². The molecule has 1 rings (SSSR count). The normalized spacial score (nSPS) is 24.9. The van der Waals surface area contributed by atoms with Gasteiger partial charge in [0.2, 0.25) is 0 Å². The standard InChI is InChI=1S/C12H22N2O4S/c1-8-3-5-14(7-10(8)15)12(18)13-9(11(16)17)4-6-19-2/h8-10,15H,3-7H2,1-2H3,(H,13,18)(H,16,17)/t8?,9-,10?/m1/s1. The van der Waals surface area contributed by atoms with Crippen LogP contribution < -0.4 is 5.32 Å². The second kappa shape index (κ2) is 7.59.